The van der Waals surface area contributed by atoms with Crippen molar-refractivity contribution >= 4 is 29.5 Å². The Morgan fingerprint density at radius 3 is 2.52 bits per heavy atom. The van der Waals surface area contributed by atoms with Crippen LogP contribution in [-0.2, 0) is 14.4 Å². The third-order valence-electron chi connectivity index (χ3n) is 5.56. The van der Waals surface area contributed by atoms with Crippen LogP contribution in [0.25, 0.3) is 0 Å². The number of para-hydroxylation sites is 1. The number of hydrogen-bond acceptors (Lipinski definition) is 6. The molecular formula is C19H24N2O5S. The number of thioether (sulfide) groups is 1. The Bertz CT molecular complexity index is 783. The van der Waals surface area contributed by atoms with Crippen LogP contribution in [0.5, 0.6) is 5.75 Å². The molecule has 2 fully saturated rings. The number of phenolic OH excluding ortho intramolecular Hbond substituents is 1. The Balaban J connectivity index is 2.16. The fourth-order valence-corrected chi connectivity index (χ4v) is 4.87. The number of amides is 2. The molecule has 1 aromatic carbocycles. The van der Waals surface area contributed by atoms with Gasteiger partial charge < -0.3 is 10.2 Å². The Morgan fingerprint density at radius 1 is 1.30 bits per heavy atom. The molecule has 2 saturated heterocycles. The average Bonchev–Trinajstić information content (AvgIpc) is 3.08. The van der Waals surface area contributed by atoms with Crippen molar-refractivity contribution in [1.82, 2.24) is 10.2 Å². The highest BCUT2D eigenvalue weighted by molar-refractivity contribution is 7.98. The molecule has 146 valence electrons. The van der Waals surface area contributed by atoms with Crippen LogP contribution in [0, 0.1) is 11.8 Å². The van der Waals surface area contributed by atoms with E-state index in [1.54, 1.807) is 32.0 Å². The van der Waals surface area contributed by atoms with Gasteiger partial charge in [0.2, 0.25) is 11.8 Å². The van der Waals surface area contributed by atoms with Gasteiger partial charge in [-0.25, -0.2) is 0 Å². The molecule has 3 N–H and O–H groups in total. The topological polar surface area (TPSA) is 107 Å². The van der Waals surface area contributed by atoms with Gasteiger partial charge in [0.15, 0.2) is 0 Å². The molecule has 2 aliphatic rings. The average molecular weight is 392 g/mol. The van der Waals surface area contributed by atoms with Crippen LogP contribution in [0.15, 0.2) is 24.3 Å². The van der Waals surface area contributed by atoms with Crippen LogP contribution in [-0.4, -0.2) is 56.5 Å². The van der Waals surface area contributed by atoms with Crippen molar-refractivity contribution < 1.29 is 24.6 Å². The van der Waals surface area contributed by atoms with Crippen LogP contribution in [0.4, 0.5) is 0 Å². The summed E-state index contributed by atoms with van der Waals surface area (Å²) in [6.45, 7) is 3.48. The lowest BCUT2D eigenvalue weighted by Gasteiger charge is -2.32. The normalized spacial score (nSPS) is 30.2. The van der Waals surface area contributed by atoms with Crippen LogP contribution < -0.4 is 5.32 Å². The molecule has 3 rings (SSSR count). The van der Waals surface area contributed by atoms with Gasteiger partial charge in [0.1, 0.15) is 11.3 Å². The third-order valence-corrected chi connectivity index (χ3v) is 6.17. The molecule has 0 spiro atoms. The van der Waals surface area contributed by atoms with Crippen LogP contribution >= 0.6 is 11.8 Å². The van der Waals surface area contributed by atoms with E-state index in [0.717, 1.165) is 0 Å². The molecule has 2 amide bonds. The van der Waals surface area contributed by atoms with E-state index in [-0.39, 0.29) is 24.1 Å². The summed E-state index contributed by atoms with van der Waals surface area (Å²) in [6, 6.07) is 5.44. The van der Waals surface area contributed by atoms with Gasteiger partial charge in [0.05, 0.1) is 11.8 Å². The quantitative estimate of drug-likeness (QED) is 0.632. The smallest absolute Gasteiger partial charge is 0.324 e. The van der Waals surface area contributed by atoms with Crippen LogP contribution in [0.2, 0.25) is 0 Å². The second-order valence-corrected chi connectivity index (χ2v) is 8.33. The number of rotatable bonds is 6. The van der Waals surface area contributed by atoms with E-state index >= 15 is 0 Å². The van der Waals surface area contributed by atoms with Gasteiger partial charge in [-0.2, -0.15) is 11.8 Å². The van der Waals surface area contributed by atoms with Gasteiger partial charge in [-0.1, -0.05) is 18.2 Å². The van der Waals surface area contributed by atoms with Gasteiger partial charge >= 0.3 is 5.97 Å². The molecule has 7 nitrogen and oxygen atoms in total. The fraction of sp³-hybridized carbons (Fsp3) is 0.526. The Morgan fingerprint density at radius 2 is 1.96 bits per heavy atom. The lowest BCUT2D eigenvalue weighted by Crippen LogP contribution is -2.56. The van der Waals surface area contributed by atoms with Crippen molar-refractivity contribution in [3.05, 3.63) is 29.8 Å². The minimum absolute atomic E-state index is 0.0250. The largest absolute Gasteiger partial charge is 0.508 e. The first-order valence-corrected chi connectivity index (χ1v) is 10.3. The summed E-state index contributed by atoms with van der Waals surface area (Å²) in [7, 11) is 0. The predicted octanol–water partition coefficient (Wildman–Crippen LogP) is 1.62. The molecule has 0 unspecified atom stereocenters. The summed E-state index contributed by atoms with van der Waals surface area (Å²) in [4.78, 5) is 39.7. The molecule has 0 aliphatic carbocycles. The van der Waals surface area contributed by atoms with Crippen molar-refractivity contribution in [3.8, 4) is 5.75 Å². The molecule has 27 heavy (non-hydrogen) atoms. The Labute approximate surface area is 162 Å². The molecule has 0 bridgehead atoms. The Kier molecular flexibility index (Phi) is 5.22. The fourth-order valence-electron chi connectivity index (χ4n) is 4.35. The number of imide groups is 1. The standard InChI is InChI=1S/C19H24N2O5S/c1-10(2)21-16(23)13-14(17(21)24)19(18(25)26,8-9-27-3)20-15(13)11-6-4-5-7-12(11)22/h4-7,10,13-15,20,22H,8-9H2,1-3H3,(H,25,26)/t13-,14-,15+,19-/m0/s1. The highest BCUT2D eigenvalue weighted by Gasteiger charge is 2.68. The maximum atomic E-state index is 13.1. The van der Waals surface area contributed by atoms with Gasteiger partial charge in [0, 0.05) is 17.6 Å². The number of fused-ring (bicyclic) bond motifs is 1. The van der Waals surface area contributed by atoms with Crippen molar-refractivity contribution in [1.29, 1.82) is 0 Å². The summed E-state index contributed by atoms with van der Waals surface area (Å²) in [5, 5.41) is 23.5. The van der Waals surface area contributed by atoms with Gasteiger partial charge in [-0.05, 0) is 38.3 Å². The minimum atomic E-state index is -1.54. The van der Waals surface area contributed by atoms with Crippen molar-refractivity contribution in [2.75, 3.05) is 12.0 Å². The number of carboxylic acid groups (broad SMARTS) is 1. The second-order valence-electron chi connectivity index (χ2n) is 7.34. The van der Waals surface area contributed by atoms with Crippen LogP contribution in [0.1, 0.15) is 31.9 Å². The molecule has 0 radical (unpaired) electrons. The molecular weight excluding hydrogens is 368 g/mol. The maximum Gasteiger partial charge on any atom is 0.324 e. The Hall–Kier alpha value is -2.06. The summed E-state index contributed by atoms with van der Waals surface area (Å²) < 4.78 is 0. The zero-order valence-electron chi connectivity index (χ0n) is 15.5. The number of aliphatic carboxylic acids is 1. The summed E-state index contributed by atoms with van der Waals surface area (Å²) in [6.07, 6.45) is 2.07. The number of carboxylic acids is 1. The second kappa shape index (κ2) is 7.16. The van der Waals surface area contributed by atoms with E-state index in [1.165, 1.54) is 22.7 Å². The van der Waals surface area contributed by atoms with E-state index in [9.17, 15) is 24.6 Å². The number of aromatic hydroxyl groups is 1. The zero-order valence-corrected chi connectivity index (χ0v) is 16.3. The maximum absolute atomic E-state index is 13.1. The summed E-state index contributed by atoms with van der Waals surface area (Å²) in [5.41, 5.74) is -1.11. The van der Waals surface area contributed by atoms with E-state index in [4.69, 9.17) is 0 Å². The highest BCUT2D eigenvalue weighted by atomic mass is 32.2. The monoisotopic (exact) mass is 392 g/mol. The minimum Gasteiger partial charge on any atom is -0.508 e. The lowest BCUT2D eigenvalue weighted by molar-refractivity contribution is -0.152. The summed E-state index contributed by atoms with van der Waals surface area (Å²) >= 11 is 1.49. The zero-order chi connectivity index (χ0) is 19.9. The molecule has 2 aliphatic heterocycles. The molecule has 0 saturated carbocycles. The van der Waals surface area contributed by atoms with Gasteiger partial charge in [-0.15, -0.1) is 0 Å². The number of hydrogen-bond donors (Lipinski definition) is 3. The summed E-state index contributed by atoms with van der Waals surface area (Å²) in [5.74, 6) is -3.33. The number of nitrogens with one attached hydrogen (secondary N) is 1. The molecule has 1 aromatic rings. The number of phenols is 1. The van der Waals surface area contributed by atoms with E-state index in [1.807, 2.05) is 6.26 Å². The van der Waals surface area contributed by atoms with E-state index in [2.05, 4.69) is 5.32 Å². The van der Waals surface area contributed by atoms with Gasteiger partial charge in [0.25, 0.3) is 0 Å². The van der Waals surface area contributed by atoms with Crippen molar-refractivity contribution in [2.24, 2.45) is 11.8 Å². The number of nitrogens with zero attached hydrogens (tertiary/aromatic N) is 1. The van der Waals surface area contributed by atoms with Gasteiger partial charge in [-0.3, -0.25) is 24.6 Å². The SMILES string of the molecule is CSCC[C@]1(C(=O)O)N[C@H](c2ccccc2O)[C@H]2C(=O)N(C(C)C)C(=O)[C@H]21. The van der Waals surface area contributed by atoms with E-state index in [0.29, 0.717) is 11.3 Å². The third kappa shape index (κ3) is 2.91. The molecule has 0 aromatic heterocycles. The first-order chi connectivity index (χ1) is 12.8. The first kappa shape index (κ1) is 19.7. The molecule has 8 heteroatoms. The molecule has 2 heterocycles. The van der Waals surface area contributed by atoms with Crippen molar-refractivity contribution in [2.45, 2.75) is 37.9 Å². The van der Waals surface area contributed by atoms with Crippen LogP contribution in [0.3, 0.4) is 0 Å². The van der Waals surface area contributed by atoms with E-state index < -0.39 is 35.3 Å². The highest BCUT2D eigenvalue weighted by Crippen LogP contribution is 2.51. The predicted molar refractivity (Wildman–Crippen MR) is 101 cm³/mol. The number of benzene rings is 1. The lowest BCUT2D eigenvalue weighted by atomic mass is 9.78. The number of likely N-dealkylation sites (tertiary alicyclic amines) is 1. The molecule has 4 atom stereocenters. The number of carbonyl (C=O) groups is 3. The number of carbonyl (C=O) groups excluding carboxylic acids is 2. The first-order valence-electron chi connectivity index (χ1n) is 8.91. The van der Waals surface area contributed by atoms with Crippen molar-refractivity contribution in [3.63, 3.8) is 0 Å².